The molecule has 0 heterocycles. The molecule has 0 bridgehead atoms. The Hall–Kier alpha value is -4.16. The van der Waals surface area contributed by atoms with Crippen LogP contribution in [-0.4, -0.2) is 125 Å². The Bertz CT molecular complexity index is 1220. The van der Waals surface area contributed by atoms with Gasteiger partial charge in [0.1, 0.15) is 18.7 Å². The van der Waals surface area contributed by atoms with Gasteiger partial charge in [0, 0.05) is 38.8 Å². The zero-order valence-electron chi connectivity index (χ0n) is 34.4. The number of ketones is 1. The van der Waals surface area contributed by atoms with Gasteiger partial charge in [0.2, 0.25) is 23.6 Å². The zero-order valence-corrected chi connectivity index (χ0v) is 34.4. The lowest BCUT2D eigenvalue weighted by molar-refractivity contribution is -0.142. The average molecular weight is 831 g/mol. The van der Waals surface area contributed by atoms with Crippen LogP contribution < -0.4 is 21.3 Å². The molecule has 3 atom stereocenters. The number of carbonyl (C=O) groups excluding carboxylic acids is 5. The monoisotopic (exact) mass is 830 g/mol. The minimum absolute atomic E-state index is 0.0104. The molecule has 0 aliphatic rings. The molecule has 0 fully saturated rings. The Labute approximate surface area is 342 Å². The summed E-state index contributed by atoms with van der Waals surface area (Å²) >= 11 is 0. The van der Waals surface area contributed by atoms with E-state index in [1.165, 1.54) is 39.0 Å². The average Bonchev–Trinajstić information content (AvgIpc) is 3.16. The summed E-state index contributed by atoms with van der Waals surface area (Å²) in [5, 5.41) is 46.2. The third kappa shape index (κ3) is 32.9. The maximum absolute atomic E-state index is 12.7. The number of rotatable bonds is 40. The summed E-state index contributed by atoms with van der Waals surface area (Å²) in [5.74, 6) is -5.66. The number of unbranched alkanes of at least 4 members (excludes halogenated alkanes) is 13. The second kappa shape index (κ2) is 36.0. The van der Waals surface area contributed by atoms with E-state index in [1.807, 2.05) is 0 Å². The summed E-state index contributed by atoms with van der Waals surface area (Å²) in [4.78, 5) is 94.6. The van der Waals surface area contributed by atoms with Crippen molar-refractivity contribution >= 4 is 47.3 Å². The first kappa shape index (κ1) is 53.8. The fraction of sp³-hybridized carbons (Fsp3) is 0.800. The maximum Gasteiger partial charge on any atom is 0.326 e. The Balaban J connectivity index is 4.07. The lowest BCUT2D eigenvalue weighted by atomic mass is 10.0. The first-order valence-corrected chi connectivity index (χ1v) is 20.9. The molecule has 0 aromatic carbocycles. The zero-order chi connectivity index (χ0) is 43.4. The number of aliphatic hydroxyl groups excluding tert-OH is 1. The Morgan fingerprint density at radius 3 is 1.50 bits per heavy atom. The van der Waals surface area contributed by atoms with Crippen molar-refractivity contribution in [2.45, 2.75) is 166 Å². The highest BCUT2D eigenvalue weighted by Crippen LogP contribution is 2.14. The van der Waals surface area contributed by atoms with Gasteiger partial charge in [-0.05, 0) is 45.4 Å². The second-order valence-corrected chi connectivity index (χ2v) is 14.4. The summed E-state index contributed by atoms with van der Waals surface area (Å²) < 4.78 is 10.6. The Kier molecular flexibility index (Phi) is 33.4. The molecule has 0 aliphatic carbocycles. The molecule has 58 heavy (non-hydrogen) atoms. The first-order valence-electron chi connectivity index (χ1n) is 20.9. The minimum Gasteiger partial charge on any atom is -0.481 e. The van der Waals surface area contributed by atoms with E-state index in [-0.39, 0.29) is 89.6 Å². The van der Waals surface area contributed by atoms with Crippen LogP contribution in [0.2, 0.25) is 0 Å². The van der Waals surface area contributed by atoms with Crippen LogP contribution >= 0.6 is 0 Å². The van der Waals surface area contributed by atoms with Crippen molar-refractivity contribution in [2.24, 2.45) is 0 Å². The quantitative estimate of drug-likeness (QED) is 0.0412. The molecule has 0 rings (SSSR count). The van der Waals surface area contributed by atoms with Crippen molar-refractivity contribution < 1.29 is 68.3 Å². The number of hydrogen-bond acceptors (Lipinski definition) is 11. The fourth-order valence-corrected chi connectivity index (χ4v) is 5.94. The molecule has 0 saturated carbocycles. The van der Waals surface area contributed by atoms with Gasteiger partial charge in [0.05, 0.1) is 25.9 Å². The van der Waals surface area contributed by atoms with Gasteiger partial charge in [-0.1, -0.05) is 77.0 Å². The molecule has 0 spiro atoms. The van der Waals surface area contributed by atoms with Crippen molar-refractivity contribution in [2.75, 3.05) is 39.6 Å². The molecule has 334 valence electrons. The van der Waals surface area contributed by atoms with Crippen LogP contribution in [0.15, 0.2) is 0 Å². The van der Waals surface area contributed by atoms with Crippen molar-refractivity contribution in [3.05, 3.63) is 0 Å². The van der Waals surface area contributed by atoms with Crippen LogP contribution in [0.3, 0.4) is 0 Å². The standard InChI is InChI=1S/C40H70N4O14/c1-30(46)31(17-16-25-45)44-39(54)32(21-23-38(52)53)42-36(49)29-58-28-27-57-26-24-41-34(47)22-20-33(40(55)56)43-35(48)18-14-12-10-8-6-4-2-3-5-7-9-11-13-15-19-37(50)51/h31-33,45H,2-29H2,1H3,(H,41,47)(H,42,49)(H,43,48)(H,44,54)(H,50,51)(H,52,53)(H,55,56). The van der Waals surface area contributed by atoms with Gasteiger partial charge in [-0.3, -0.25) is 33.6 Å². The molecule has 18 heteroatoms. The molecule has 8 N–H and O–H groups in total. The van der Waals surface area contributed by atoms with Crippen LogP contribution in [0.4, 0.5) is 0 Å². The molecule has 4 amide bonds. The van der Waals surface area contributed by atoms with E-state index in [1.54, 1.807) is 0 Å². The molecule has 0 saturated heterocycles. The summed E-state index contributed by atoms with van der Waals surface area (Å²) in [6.45, 7) is 0.916. The van der Waals surface area contributed by atoms with Gasteiger partial charge in [-0.25, -0.2) is 4.79 Å². The van der Waals surface area contributed by atoms with Gasteiger partial charge in [0.15, 0.2) is 5.78 Å². The van der Waals surface area contributed by atoms with E-state index in [9.17, 15) is 43.5 Å². The van der Waals surface area contributed by atoms with Crippen LogP contribution in [-0.2, 0) is 47.8 Å². The van der Waals surface area contributed by atoms with Crippen LogP contribution in [0.1, 0.15) is 148 Å². The van der Waals surface area contributed by atoms with E-state index in [0.29, 0.717) is 6.42 Å². The molecule has 3 unspecified atom stereocenters. The summed E-state index contributed by atoms with van der Waals surface area (Å²) in [7, 11) is 0. The number of carboxylic acids is 3. The summed E-state index contributed by atoms with van der Waals surface area (Å²) in [6.07, 6.45) is 14.9. The lowest BCUT2D eigenvalue weighted by Crippen LogP contribution is -2.52. The first-order chi connectivity index (χ1) is 27.8. The number of Topliss-reactive ketones (excluding diaryl/α,β-unsaturated/α-hetero) is 1. The van der Waals surface area contributed by atoms with Gasteiger partial charge in [-0.2, -0.15) is 0 Å². The second-order valence-electron chi connectivity index (χ2n) is 14.4. The SMILES string of the molecule is CC(=O)C(CCCO)NC(=O)C(CCC(=O)O)NC(=O)COCCOCCNC(=O)CCC(NC(=O)CCCCCCCCCCCCCCCCC(=O)O)C(=O)O. The number of nitrogens with one attached hydrogen (secondary N) is 4. The summed E-state index contributed by atoms with van der Waals surface area (Å²) in [6, 6.07) is -3.30. The number of carbonyl (C=O) groups is 8. The molecule has 0 aromatic heterocycles. The van der Waals surface area contributed by atoms with E-state index in [0.717, 1.165) is 51.4 Å². The Morgan fingerprint density at radius 2 is 0.983 bits per heavy atom. The fourth-order valence-electron chi connectivity index (χ4n) is 5.94. The third-order valence-electron chi connectivity index (χ3n) is 9.27. The highest BCUT2D eigenvalue weighted by molar-refractivity contribution is 5.92. The summed E-state index contributed by atoms with van der Waals surface area (Å²) in [5.41, 5.74) is 0. The molecule has 18 nitrogen and oxygen atoms in total. The number of ether oxygens (including phenoxy) is 2. The number of hydrogen-bond donors (Lipinski definition) is 8. The van der Waals surface area contributed by atoms with E-state index >= 15 is 0 Å². The third-order valence-corrected chi connectivity index (χ3v) is 9.27. The number of amides is 4. The Morgan fingerprint density at radius 1 is 0.483 bits per heavy atom. The van der Waals surface area contributed by atoms with Crippen molar-refractivity contribution in [3.8, 4) is 0 Å². The topological polar surface area (TPSA) is 284 Å². The van der Waals surface area contributed by atoms with E-state index < -0.39 is 66.8 Å². The predicted molar refractivity (Wildman–Crippen MR) is 213 cm³/mol. The molecular weight excluding hydrogens is 760 g/mol. The van der Waals surface area contributed by atoms with Crippen molar-refractivity contribution in [3.63, 3.8) is 0 Å². The van der Waals surface area contributed by atoms with Crippen molar-refractivity contribution in [1.82, 2.24) is 21.3 Å². The van der Waals surface area contributed by atoms with Gasteiger partial charge >= 0.3 is 17.9 Å². The molecular formula is C40H70N4O14. The molecule has 0 aliphatic heterocycles. The highest BCUT2D eigenvalue weighted by atomic mass is 16.5. The van der Waals surface area contributed by atoms with Gasteiger partial charge in [-0.15, -0.1) is 0 Å². The number of carboxylic acid groups (broad SMARTS) is 3. The van der Waals surface area contributed by atoms with Crippen LogP contribution in [0.25, 0.3) is 0 Å². The number of aliphatic carboxylic acids is 3. The van der Waals surface area contributed by atoms with E-state index in [4.69, 9.17) is 24.8 Å². The van der Waals surface area contributed by atoms with E-state index in [2.05, 4.69) is 21.3 Å². The van der Waals surface area contributed by atoms with Crippen molar-refractivity contribution in [1.29, 1.82) is 0 Å². The minimum atomic E-state index is -1.23. The highest BCUT2D eigenvalue weighted by Gasteiger charge is 2.26. The maximum atomic E-state index is 12.7. The lowest BCUT2D eigenvalue weighted by Gasteiger charge is -2.22. The smallest absolute Gasteiger partial charge is 0.326 e. The number of aliphatic hydroxyl groups is 1. The normalized spacial score (nSPS) is 12.5. The van der Waals surface area contributed by atoms with Crippen LogP contribution in [0, 0.1) is 0 Å². The van der Waals surface area contributed by atoms with Gasteiger partial charge < -0.3 is 51.2 Å². The van der Waals surface area contributed by atoms with Crippen LogP contribution in [0.5, 0.6) is 0 Å². The largest absolute Gasteiger partial charge is 0.481 e. The predicted octanol–water partition coefficient (Wildman–Crippen LogP) is 3.01. The molecule has 0 aromatic rings. The molecule has 0 radical (unpaired) electrons. The van der Waals surface area contributed by atoms with Gasteiger partial charge in [0.25, 0.3) is 0 Å².